The summed E-state index contributed by atoms with van der Waals surface area (Å²) in [6.07, 6.45) is 3.52. The Morgan fingerprint density at radius 1 is 1.03 bits per heavy atom. The molecule has 1 saturated heterocycles. The van der Waals surface area contributed by atoms with Crippen LogP contribution in [-0.2, 0) is 16.4 Å². The first kappa shape index (κ1) is 22.3. The highest BCUT2D eigenvalue weighted by Crippen LogP contribution is 2.23. The van der Waals surface area contributed by atoms with Crippen molar-refractivity contribution in [3.63, 3.8) is 0 Å². The molecule has 1 N–H and O–H groups in total. The smallest absolute Gasteiger partial charge is 0.252 e. The van der Waals surface area contributed by atoms with Gasteiger partial charge in [0, 0.05) is 19.6 Å². The van der Waals surface area contributed by atoms with E-state index in [1.807, 2.05) is 38.1 Å². The largest absolute Gasteiger partial charge is 0.491 e. The maximum absolute atomic E-state index is 13.1. The Labute approximate surface area is 179 Å². The lowest BCUT2D eigenvalue weighted by Gasteiger charge is -2.26. The minimum atomic E-state index is -3.67. The third kappa shape index (κ3) is 5.61. The summed E-state index contributed by atoms with van der Waals surface area (Å²) >= 11 is 0. The van der Waals surface area contributed by atoms with Crippen LogP contribution < -0.4 is 10.1 Å². The van der Waals surface area contributed by atoms with Gasteiger partial charge in [-0.2, -0.15) is 4.31 Å². The molecule has 1 aliphatic rings. The van der Waals surface area contributed by atoms with E-state index in [0.29, 0.717) is 26.1 Å². The molecule has 0 aliphatic carbocycles. The molecule has 0 unspecified atom stereocenters. The van der Waals surface area contributed by atoms with Crippen LogP contribution in [0.25, 0.3) is 0 Å². The number of benzene rings is 2. The quantitative estimate of drug-likeness (QED) is 0.694. The Morgan fingerprint density at radius 2 is 1.70 bits per heavy atom. The second kappa shape index (κ2) is 10.1. The first-order valence-corrected chi connectivity index (χ1v) is 11.9. The molecule has 0 radical (unpaired) electrons. The Kier molecular flexibility index (Phi) is 7.50. The second-order valence-electron chi connectivity index (χ2n) is 7.78. The number of ether oxygens (including phenoxy) is 1. The summed E-state index contributed by atoms with van der Waals surface area (Å²) in [5, 5.41) is 2.86. The van der Waals surface area contributed by atoms with Crippen LogP contribution in [0, 0.1) is 0 Å². The molecule has 0 saturated carbocycles. The molecule has 1 heterocycles. The molecule has 1 aliphatic heterocycles. The van der Waals surface area contributed by atoms with Crippen LogP contribution in [0.5, 0.6) is 5.75 Å². The van der Waals surface area contributed by atoms with Crippen LogP contribution >= 0.6 is 0 Å². The molecule has 2 aromatic rings. The third-order valence-corrected chi connectivity index (χ3v) is 7.02. The molecule has 0 aromatic heterocycles. The van der Waals surface area contributed by atoms with Crippen molar-refractivity contribution in [3.8, 4) is 5.75 Å². The number of nitrogens with one attached hydrogen (secondary N) is 1. The van der Waals surface area contributed by atoms with E-state index < -0.39 is 10.0 Å². The molecule has 1 fully saturated rings. The van der Waals surface area contributed by atoms with Crippen molar-refractivity contribution in [3.05, 3.63) is 59.7 Å². The molecule has 6 nitrogen and oxygen atoms in total. The van der Waals surface area contributed by atoms with Crippen molar-refractivity contribution in [2.24, 2.45) is 0 Å². The molecular formula is C23H30N2O4S. The molecular weight excluding hydrogens is 400 g/mol. The van der Waals surface area contributed by atoms with Gasteiger partial charge in [-0.25, -0.2) is 8.42 Å². The van der Waals surface area contributed by atoms with E-state index >= 15 is 0 Å². The van der Waals surface area contributed by atoms with Crippen LogP contribution in [0.15, 0.2) is 53.4 Å². The van der Waals surface area contributed by atoms with Crippen LogP contribution in [0.4, 0.5) is 0 Å². The molecule has 162 valence electrons. The van der Waals surface area contributed by atoms with Gasteiger partial charge in [-0.3, -0.25) is 4.79 Å². The van der Waals surface area contributed by atoms with Crippen molar-refractivity contribution in [2.75, 3.05) is 19.6 Å². The van der Waals surface area contributed by atoms with Gasteiger partial charge in [-0.1, -0.05) is 30.7 Å². The van der Waals surface area contributed by atoms with Gasteiger partial charge in [0.25, 0.3) is 5.91 Å². The standard InChI is InChI=1S/C23H30N2O4S/c1-18(2)29-20-12-10-19(11-13-20)14-15-24-23(26)21-8-4-5-9-22(21)30(27,28)25-16-6-3-7-17-25/h4-5,8-13,18H,3,6-7,14-17H2,1-2H3,(H,24,26). The van der Waals surface area contributed by atoms with Crippen LogP contribution in [-0.4, -0.2) is 44.4 Å². The van der Waals surface area contributed by atoms with Gasteiger partial charge < -0.3 is 10.1 Å². The van der Waals surface area contributed by atoms with Gasteiger partial charge >= 0.3 is 0 Å². The van der Waals surface area contributed by atoms with Crippen LogP contribution in [0.1, 0.15) is 49.0 Å². The Morgan fingerprint density at radius 3 is 2.37 bits per heavy atom. The van der Waals surface area contributed by atoms with E-state index in [2.05, 4.69) is 5.32 Å². The number of carbonyl (C=O) groups excluding carboxylic acids is 1. The number of hydrogen-bond donors (Lipinski definition) is 1. The summed E-state index contributed by atoms with van der Waals surface area (Å²) < 4.78 is 33.2. The monoisotopic (exact) mass is 430 g/mol. The minimum absolute atomic E-state index is 0.0830. The molecule has 3 rings (SSSR count). The minimum Gasteiger partial charge on any atom is -0.491 e. The predicted molar refractivity (Wildman–Crippen MR) is 117 cm³/mol. The number of nitrogens with zero attached hydrogens (tertiary/aromatic N) is 1. The Balaban J connectivity index is 1.63. The fourth-order valence-corrected chi connectivity index (χ4v) is 5.25. The zero-order chi connectivity index (χ0) is 21.6. The second-order valence-corrected chi connectivity index (χ2v) is 9.68. The van der Waals surface area contributed by atoms with Gasteiger partial charge in [0.15, 0.2) is 0 Å². The number of rotatable bonds is 8. The maximum atomic E-state index is 13.1. The van der Waals surface area contributed by atoms with E-state index in [1.54, 1.807) is 18.2 Å². The van der Waals surface area contributed by atoms with Gasteiger partial charge in [-0.15, -0.1) is 0 Å². The van der Waals surface area contributed by atoms with Crippen molar-refractivity contribution >= 4 is 15.9 Å². The van der Waals surface area contributed by atoms with Crippen molar-refractivity contribution in [2.45, 2.75) is 50.5 Å². The Bertz CT molecular complexity index is 949. The highest BCUT2D eigenvalue weighted by molar-refractivity contribution is 7.89. The number of carbonyl (C=O) groups is 1. The lowest BCUT2D eigenvalue weighted by atomic mass is 10.1. The van der Waals surface area contributed by atoms with Gasteiger partial charge in [-0.05, 0) is 62.9 Å². The average molecular weight is 431 g/mol. The van der Waals surface area contributed by atoms with E-state index in [0.717, 1.165) is 30.6 Å². The number of hydrogen-bond acceptors (Lipinski definition) is 4. The fourth-order valence-electron chi connectivity index (χ4n) is 3.55. The molecule has 30 heavy (non-hydrogen) atoms. The highest BCUT2D eigenvalue weighted by atomic mass is 32.2. The molecule has 0 atom stereocenters. The van der Waals surface area contributed by atoms with Gasteiger partial charge in [0.05, 0.1) is 16.6 Å². The molecule has 7 heteroatoms. The van der Waals surface area contributed by atoms with E-state index in [-0.39, 0.29) is 22.5 Å². The zero-order valence-corrected chi connectivity index (χ0v) is 18.5. The summed E-state index contributed by atoms with van der Waals surface area (Å²) in [6, 6.07) is 14.2. The van der Waals surface area contributed by atoms with E-state index in [4.69, 9.17) is 4.74 Å². The topological polar surface area (TPSA) is 75.7 Å². The van der Waals surface area contributed by atoms with E-state index in [1.165, 1.54) is 10.4 Å². The number of piperidine rings is 1. The molecule has 1 amide bonds. The van der Waals surface area contributed by atoms with Crippen molar-refractivity contribution in [1.29, 1.82) is 0 Å². The van der Waals surface area contributed by atoms with Crippen molar-refractivity contribution in [1.82, 2.24) is 9.62 Å². The third-order valence-electron chi connectivity index (χ3n) is 5.06. The van der Waals surface area contributed by atoms with E-state index in [9.17, 15) is 13.2 Å². The first-order chi connectivity index (χ1) is 14.4. The summed E-state index contributed by atoms with van der Waals surface area (Å²) in [5.41, 5.74) is 1.27. The first-order valence-electron chi connectivity index (χ1n) is 10.5. The number of amides is 1. The van der Waals surface area contributed by atoms with Crippen LogP contribution in [0.3, 0.4) is 0 Å². The van der Waals surface area contributed by atoms with Gasteiger partial charge in [0.1, 0.15) is 5.75 Å². The SMILES string of the molecule is CC(C)Oc1ccc(CCNC(=O)c2ccccc2S(=O)(=O)N2CCCCC2)cc1. The molecule has 0 spiro atoms. The lowest BCUT2D eigenvalue weighted by molar-refractivity contribution is 0.0950. The predicted octanol–water partition coefficient (Wildman–Crippen LogP) is 3.62. The lowest BCUT2D eigenvalue weighted by Crippen LogP contribution is -2.37. The fraction of sp³-hybridized carbons (Fsp3) is 0.435. The highest BCUT2D eigenvalue weighted by Gasteiger charge is 2.29. The molecule has 2 aromatic carbocycles. The van der Waals surface area contributed by atoms with Crippen LogP contribution in [0.2, 0.25) is 0 Å². The summed E-state index contributed by atoms with van der Waals surface area (Å²) in [7, 11) is -3.67. The maximum Gasteiger partial charge on any atom is 0.252 e. The molecule has 0 bridgehead atoms. The zero-order valence-electron chi connectivity index (χ0n) is 17.6. The van der Waals surface area contributed by atoms with Gasteiger partial charge in [0.2, 0.25) is 10.0 Å². The Hall–Kier alpha value is -2.38. The summed E-state index contributed by atoms with van der Waals surface area (Å²) in [6.45, 7) is 5.39. The summed E-state index contributed by atoms with van der Waals surface area (Å²) in [4.78, 5) is 12.8. The number of sulfonamides is 1. The summed E-state index contributed by atoms with van der Waals surface area (Å²) in [5.74, 6) is 0.445. The van der Waals surface area contributed by atoms with Crippen molar-refractivity contribution < 1.29 is 17.9 Å². The normalized spacial score (nSPS) is 15.2. The average Bonchev–Trinajstić information content (AvgIpc) is 2.75.